The molecule has 0 spiro atoms. The first-order valence-corrected chi connectivity index (χ1v) is 7.01. The first-order valence-electron chi connectivity index (χ1n) is 5.75. The van der Waals surface area contributed by atoms with E-state index in [-0.39, 0.29) is 5.92 Å². The Bertz CT molecular complexity index is 699. The molecule has 0 saturated heterocycles. The fraction of sp³-hybridized carbons (Fsp3) is 0.231. The average molecular weight is 278 g/mol. The second-order valence-corrected chi connectivity index (χ2v) is 5.75. The second kappa shape index (κ2) is 4.37. The van der Waals surface area contributed by atoms with E-state index in [9.17, 15) is 0 Å². The monoisotopic (exact) mass is 277 g/mol. The minimum atomic E-state index is 0.281. The first-order chi connectivity index (χ1) is 8.66. The zero-order valence-electron chi connectivity index (χ0n) is 10.1. The highest BCUT2D eigenvalue weighted by molar-refractivity contribution is 7.17. The standard InChI is InChI=1S/C13H12ClN3S/c1-8(2)12-15-16-13(14)17(12)10-3-4-11-9(7-10)5-6-18-11/h3-8H,1-2H3. The third-order valence-electron chi connectivity index (χ3n) is 2.86. The van der Waals surface area contributed by atoms with Crippen LogP contribution in [0.15, 0.2) is 29.6 Å². The van der Waals surface area contributed by atoms with Gasteiger partial charge in [0, 0.05) is 10.6 Å². The van der Waals surface area contributed by atoms with Gasteiger partial charge in [0.15, 0.2) is 0 Å². The van der Waals surface area contributed by atoms with E-state index in [2.05, 4.69) is 53.7 Å². The minimum Gasteiger partial charge on any atom is -0.270 e. The van der Waals surface area contributed by atoms with Crippen molar-refractivity contribution in [3.05, 3.63) is 40.8 Å². The maximum absolute atomic E-state index is 6.14. The molecule has 1 aromatic carbocycles. The molecule has 18 heavy (non-hydrogen) atoms. The van der Waals surface area contributed by atoms with Gasteiger partial charge in [-0.25, -0.2) is 0 Å². The fourth-order valence-electron chi connectivity index (χ4n) is 1.98. The molecule has 3 aromatic rings. The van der Waals surface area contributed by atoms with Gasteiger partial charge in [-0.15, -0.1) is 21.5 Å². The molecule has 0 fully saturated rings. The molecule has 2 heterocycles. The van der Waals surface area contributed by atoms with Crippen LogP contribution in [0.4, 0.5) is 0 Å². The average Bonchev–Trinajstić information content (AvgIpc) is 2.93. The van der Waals surface area contributed by atoms with Crippen molar-refractivity contribution in [1.29, 1.82) is 0 Å². The maximum atomic E-state index is 6.14. The molecule has 0 amide bonds. The van der Waals surface area contributed by atoms with Gasteiger partial charge in [-0.1, -0.05) is 13.8 Å². The number of fused-ring (bicyclic) bond motifs is 1. The highest BCUT2D eigenvalue weighted by Crippen LogP contribution is 2.27. The first kappa shape index (κ1) is 11.7. The molecular weight excluding hydrogens is 266 g/mol. The Morgan fingerprint density at radius 2 is 2.06 bits per heavy atom. The molecule has 5 heteroatoms. The molecule has 0 aliphatic rings. The van der Waals surface area contributed by atoms with Gasteiger partial charge < -0.3 is 0 Å². The van der Waals surface area contributed by atoms with Crippen LogP contribution < -0.4 is 0 Å². The van der Waals surface area contributed by atoms with Gasteiger partial charge >= 0.3 is 0 Å². The van der Waals surface area contributed by atoms with Crippen molar-refractivity contribution in [1.82, 2.24) is 14.8 Å². The molecule has 0 bridgehead atoms. The number of aromatic nitrogens is 3. The smallest absolute Gasteiger partial charge is 0.229 e. The number of hydrogen-bond donors (Lipinski definition) is 0. The molecule has 0 radical (unpaired) electrons. The summed E-state index contributed by atoms with van der Waals surface area (Å²) in [7, 11) is 0. The SMILES string of the molecule is CC(C)c1nnc(Cl)n1-c1ccc2sccc2c1. The van der Waals surface area contributed by atoms with Crippen molar-refractivity contribution in [2.24, 2.45) is 0 Å². The molecule has 0 saturated carbocycles. The van der Waals surface area contributed by atoms with E-state index in [0.717, 1.165) is 11.5 Å². The van der Waals surface area contributed by atoms with Crippen LogP contribution >= 0.6 is 22.9 Å². The van der Waals surface area contributed by atoms with Gasteiger partial charge in [0.05, 0.1) is 5.69 Å². The molecule has 0 aliphatic carbocycles. The van der Waals surface area contributed by atoms with E-state index >= 15 is 0 Å². The second-order valence-electron chi connectivity index (χ2n) is 4.46. The lowest BCUT2D eigenvalue weighted by Gasteiger charge is -2.10. The Morgan fingerprint density at radius 3 is 2.83 bits per heavy atom. The van der Waals surface area contributed by atoms with Crippen LogP contribution in [0, 0.1) is 0 Å². The summed E-state index contributed by atoms with van der Waals surface area (Å²) >= 11 is 7.88. The number of thiophene rings is 1. The van der Waals surface area contributed by atoms with E-state index in [1.807, 2.05) is 4.57 Å². The molecule has 0 atom stereocenters. The Labute approximate surface area is 114 Å². The van der Waals surface area contributed by atoms with Gasteiger partial charge in [0.1, 0.15) is 5.82 Å². The van der Waals surface area contributed by atoms with Crippen molar-refractivity contribution < 1.29 is 0 Å². The zero-order valence-corrected chi connectivity index (χ0v) is 11.7. The molecule has 3 nitrogen and oxygen atoms in total. The van der Waals surface area contributed by atoms with Crippen LogP contribution in [0.3, 0.4) is 0 Å². The van der Waals surface area contributed by atoms with Gasteiger partial charge in [-0.2, -0.15) is 0 Å². The summed E-state index contributed by atoms with van der Waals surface area (Å²) in [5.74, 6) is 1.16. The van der Waals surface area contributed by atoms with Gasteiger partial charge in [0.25, 0.3) is 0 Å². The predicted molar refractivity (Wildman–Crippen MR) is 75.8 cm³/mol. The van der Waals surface area contributed by atoms with Crippen LogP contribution in [0.1, 0.15) is 25.6 Å². The summed E-state index contributed by atoms with van der Waals surface area (Å²) in [6.45, 7) is 4.17. The van der Waals surface area contributed by atoms with E-state index in [1.54, 1.807) is 11.3 Å². The summed E-state index contributed by atoms with van der Waals surface area (Å²) in [4.78, 5) is 0. The maximum Gasteiger partial charge on any atom is 0.229 e. The highest BCUT2D eigenvalue weighted by atomic mass is 35.5. The zero-order chi connectivity index (χ0) is 12.7. The van der Waals surface area contributed by atoms with Crippen molar-refractivity contribution in [3.63, 3.8) is 0 Å². The molecule has 92 valence electrons. The van der Waals surface area contributed by atoms with Gasteiger partial charge in [-0.3, -0.25) is 4.57 Å². The Kier molecular flexibility index (Phi) is 2.84. The van der Waals surface area contributed by atoms with Crippen LogP contribution in [0.2, 0.25) is 5.28 Å². The van der Waals surface area contributed by atoms with E-state index in [0.29, 0.717) is 5.28 Å². The highest BCUT2D eigenvalue weighted by Gasteiger charge is 2.15. The van der Waals surface area contributed by atoms with Crippen molar-refractivity contribution in [2.45, 2.75) is 19.8 Å². The van der Waals surface area contributed by atoms with Crippen LogP contribution in [-0.4, -0.2) is 14.8 Å². The number of nitrogens with zero attached hydrogens (tertiary/aromatic N) is 3. The molecule has 0 N–H and O–H groups in total. The van der Waals surface area contributed by atoms with Crippen molar-refractivity contribution >= 4 is 33.0 Å². The predicted octanol–water partition coefficient (Wildman–Crippen LogP) is 4.26. The van der Waals surface area contributed by atoms with E-state index in [4.69, 9.17) is 11.6 Å². The van der Waals surface area contributed by atoms with Crippen molar-refractivity contribution in [3.8, 4) is 5.69 Å². The van der Waals surface area contributed by atoms with Crippen LogP contribution in [-0.2, 0) is 0 Å². The molecule has 0 aliphatic heterocycles. The van der Waals surface area contributed by atoms with E-state index in [1.165, 1.54) is 10.1 Å². The number of hydrogen-bond acceptors (Lipinski definition) is 3. The number of rotatable bonds is 2. The number of benzene rings is 1. The summed E-state index contributed by atoms with van der Waals surface area (Å²) in [5.41, 5.74) is 1.01. The fourth-order valence-corrected chi connectivity index (χ4v) is 2.97. The number of halogens is 1. The summed E-state index contributed by atoms with van der Waals surface area (Å²) in [6.07, 6.45) is 0. The molecule has 2 aromatic heterocycles. The summed E-state index contributed by atoms with van der Waals surface area (Å²) < 4.78 is 3.18. The Hall–Kier alpha value is -1.39. The minimum absolute atomic E-state index is 0.281. The lowest BCUT2D eigenvalue weighted by atomic mass is 10.2. The topological polar surface area (TPSA) is 30.7 Å². The summed E-state index contributed by atoms with van der Waals surface area (Å²) in [6, 6.07) is 8.39. The third kappa shape index (κ3) is 1.82. The van der Waals surface area contributed by atoms with Crippen LogP contribution in [0.5, 0.6) is 0 Å². The largest absolute Gasteiger partial charge is 0.270 e. The Balaban J connectivity index is 2.21. The lowest BCUT2D eigenvalue weighted by molar-refractivity contribution is 0.746. The van der Waals surface area contributed by atoms with Crippen LogP contribution in [0.25, 0.3) is 15.8 Å². The van der Waals surface area contributed by atoms with Gasteiger partial charge in [-0.05, 0) is 46.6 Å². The molecule has 3 rings (SSSR count). The third-order valence-corrected chi connectivity index (χ3v) is 4.00. The lowest BCUT2D eigenvalue weighted by Crippen LogP contribution is -2.03. The van der Waals surface area contributed by atoms with Crippen molar-refractivity contribution in [2.75, 3.05) is 0 Å². The molecular formula is C13H12ClN3S. The quantitative estimate of drug-likeness (QED) is 0.701. The normalized spacial score (nSPS) is 11.6. The summed E-state index contributed by atoms with van der Waals surface area (Å²) in [5, 5.41) is 11.8. The Morgan fingerprint density at radius 1 is 1.22 bits per heavy atom. The molecule has 0 unspecified atom stereocenters. The van der Waals surface area contributed by atoms with E-state index < -0.39 is 0 Å². The van der Waals surface area contributed by atoms with Gasteiger partial charge in [0.2, 0.25) is 5.28 Å².